The van der Waals surface area contributed by atoms with Crippen LogP contribution in [-0.4, -0.2) is 50.5 Å². The second kappa shape index (κ2) is 11.1. The van der Waals surface area contributed by atoms with Gasteiger partial charge in [0.1, 0.15) is 24.7 Å². The van der Waals surface area contributed by atoms with Crippen LogP contribution in [0.2, 0.25) is 0 Å². The maximum absolute atomic E-state index is 15.0. The van der Waals surface area contributed by atoms with E-state index >= 15 is 4.39 Å². The number of benzene rings is 1. The van der Waals surface area contributed by atoms with E-state index in [4.69, 9.17) is 20.7 Å². The number of oxime groups is 1. The molecular formula is C23H23FN8O3. The predicted octanol–water partition coefficient (Wildman–Crippen LogP) is 2.48. The minimum atomic E-state index is -0.690. The summed E-state index contributed by atoms with van der Waals surface area (Å²) in [5.41, 5.74) is 7.07. The Balaban J connectivity index is 1.36. The molecule has 1 saturated heterocycles. The summed E-state index contributed by atoms with van der Waals surface area (Å²) < 4.78 is 20.0. The molecule has 1 aliphatic heterocycles. The Morgan fingerprint density at radius 2 is 1.83 bits per heavy atom. The molecule has 2 aromatic heterocycles. The van der Waals surface area contributed by atoms with Gasteiger partial charge in [-0.25, -0.2) is 24.3 Å². The highest BCUT2D eigenvalue weighted by Crippen LogP contribution is 2.26. The van der Waals surface area contributed by atoms with Crippen molar-refractivity contribution in [3.63, 3.8) is 0 Å². The maximum atomic E-state index is 15.0. The molecule has 1 fully saturated rings. The smallest absolute Gasteiger partial charge is 0.345 e. The first kappa shape index (κ1) is 23.7. The molecule has 1 aliphatic rings. The standard InChI is InChI=1S/C23H23FN8O3/c24-21-15(14-34-20(33)11-19(25)26)3-1-4-18(21)16-12-29-22(30-13-16)32-9-5-17(6-10-32)31-35-23-27-7-2-8-28-23/h1-4,7-8,12-13H,5-6,9-11,14H2,(H3,25,26). The number of nitrogens with zero attached hydrogens (tertiary/aromatic N) is 6. The molecular weight excluding hydrogens is 455 g/mol. The van der Waals surface area contributed by atoms with Crippen LogP contribution in [-0.2, 0) is 16.1 Å². The quantitative estimate of drug-likeness (QED) is 0.215. The van der Waals surface area contributed by atoms with Crippen molar-refractivity contribution in [1.82, 2.24) is 19.9 Å². The van der Waals surface area contributed by atoms with E-state index in [9.17, 15) is 4.79 Å². The van der Waals surface area contributed by atoms with Gasteiger partial charge < -0.3 is 20.2 Å². The lowest BCUT2D eigenvalue weighted by Crippen LogP contribution is -2.35. The molecule has 0 saturated carbocycles. The number of halogens is 1. The lowest BCUT2D eigenvalue weighted by atomic mass is 10.0. The average Bonchev–Trinajstić information content (AvgIpc) is 2.88. The van der Waals surface area contributed by atoms with Gasteiger partial charge in [0.15, 0.2) is 0 Å². The normalized spacial score (nSPS) is 13.3. The maximum Gasteiger partial charge on any atom is 0.345 e. The monoisotopic (exact) mass is 478 g/mol. The first-order valence-corrected chi connectivity index (χ1v) is 10.8. The number of hydrogen-bond donors (Lipinski definition) is 2. The number of piperidine rings is 1. The lowest BCUT2D eigenvalue weighted by molar-refractivity contribution is -0.143. The number of carbonyl (C=O) groups excluding carboxylic acids is 1. The third-order valence-electron chi connectivity index (χ3n) is 5.17. The predicted molar refractivity (Wildman–Crippen MR) is 125 cm³/mol. The molecule has 3 N–H and O–H groups in total. The van der Waals surface area contributed by atoms with Crippen LogP contribution >= 0.6 is 0 Å². The van der Waals surface area contributed by atoms with Crippen LogP contribution in [0.1, 0.15) is 24.8 Å². The van der Waals surface area contributed by atoms with Gasteiger partial charge >= 0.3 is 12.0 Å². The molecule has 3 heterocycles. The molecule has 0 atom stereocenters. The highest BCUT2D eigenvalue weighted by atomic mass is 19.1. The molecule has 0 spiro atoms. The van der Waals surface area contributed by atoms with E-state index in [0.717, 1.165) is 5.71 Å². The summed E-state index contributed by atoms with van der Waals surface area (Å²) >= 11 is 0. The van der Waals surface area contributed by atoms with Crippen LogP contribution in [0.3, 0.4) is 0 Å². The van der Waals surface area contributed by atoms with Crippen molar-refractivity contribution in [2.45, 2.75) is 25.9 Å². The first-order valence-electron chi connectivity index (χ1n) is 10.8. The van der Waals surface area contributed by atoms with Crippen molar-refractivity contribution in [1.29, 1.82) is 5.41 Å². The zero-order valence-electron chi connectivity index (χ0n) is 18.7. The molecule has 0 radical (unpaired) electrons. The van der Waals surface area contributed by atoms with Gasteiger partial charge in [-0.1, -0.05) is 23.4 Å². The van der Waals surface area contributed by atoms with Gasteiger partial charge in [0.25, 0.3) is 0 Å². The SMILES string of the molecule is N=C(N)CC(=O)OCc1cccc(-c2cnc(N3CCC(=NOc4ncccn4)CC3)nc2)c1F. The Labute approximate surface area is 200 Å². The second-order valence-corrected chi connectivity index (χ2v) is 7.68. The number of amidine groups is 1. The number of aromatic nitrogens is 4. The average molecular weight is 478 g/mol. The van der Waals surface area contributed by atoms with Crippen molar-refractivity contribution in [2.75, 3.05) is 18.0 Å². The highest BCUT2D eigenvalue weighted by molar-refractivity contribution is 5.94. The van der Waals surface area contributed by atoms with Gasteiger partial charge in [0.05, 0.1) is 5.71 Å². The highest BCUT2D eigenvalue weighted by Gasteiger charge is 2.19. The van der Waals surface area contributed by atoms with E-state index in [2.05, 4.69) is 25.1 Å². The minimum absolute atomic E-state index is 0.201. The van der Waals surface area contributed by atoms with E-state index in [-0.39, 0.29) is 30.4 Å². The van der Waals surface area contributed by atoms with E-state index in [1.165, 1.54) is 6.07 Å². The zero-order chi connectivity index (χ0) is 24.6. The fourth-order valence-corrected chi connectivity index (χ4v) is 3.40. The number of ether oxygens (including phenoxy) is 1. The van der Waals surface area contributed by atoms with Crippen LogP contribution in [0.4, 0.5) is 10.3 Å². The molecule has 12 heteroatoms. The number of hydrogen-bond acceptors (Lipinski definition) is 10. The fraction of sp³-hybridized carbons (Fsp3) is 0.261. The molecule has 0 bridgehead atoms. The molecule has 0 unspecified atom stereocenters. The molecule has 1 aromatic carbocycles. The largest absolute Gasteiger partial charge is 0.460 e. The Morgan fingerprint density at radius 3 is 2.51 bits per heavy atom. The first-order chi connectivity index (χ1) is 17.0. The summed E-state index contributed by atoms with van der Waals surface area (Å²) in [7, 11) is 0. The third kappa shape index (κ3) is 6.31. The van der Waals surface area contributed by atoms with Crippen LogP contribution in [0.15, 0.2) is 54.2 Å². The Hall–Kier alpha value is -4.48. The van der Waals surface area contributed by atoms with Gasteiger partial charge in [-0.05, 0) is 6.07 Å². The molecule has 180 valence electrons. The van der Waals surface area contributed by atoms with Crippen LogP contribution in [0.5, 0.6) is 6.01 Å². The third-order valence-corrected chi connectivity index (χ3v) is 5.17. The molecule has 4 rings (SSSR count). The van der Waals surface area contributed by atoms with Crippen LogP contribution in [0.25, 0.3) is 11.1 Å². The molecule has 11 nitrogen and oxygen atoms in total. The van der Waals surface area contributed by atoms with Crippen molar-refractivity contribution in [3.8, 4) is 17.1 Å². The van der Waals surface area contributed by atoms with E-state index in [1.807, 2.05) is 4.90 Å². The zero-order valence-corrected chi connectivity index (χ0v) is 18.7. The van der Waals surface area contributed by atoms with Crippen molar-refractivity contribution in [3.05, 3.63) is 60.4 Å². The van der Waals surface area contributed by atoms with Crippen LogP contribution in [0, 0.1) is 11.2 Å². The topological polar surface area (TPSA) is 153 Å². The fourth-order valence-electron chi connectivity index (χ4n) is 3.40. The second-order valence-electron chi connectivity index (χ2n) is 7.68. The van der Waals surface area contributed by atoms with Crippen molar-refractivity contribution in [2.24, 2.45) is 10.9 Å². The summed E-state index contributed by atoms with van der Waals surface area (Å²) in [4.78, 5) is 35.6. The summed E-state index contributed by atoms with van der Waals surface area (Å²) in [6.45, 7) is 1.06. The van der Waals surface area contributed by atoms with Gasteiger partial charge in [-0.15, -0.1) is 0 Å². The van der Waals surface area contributed by atoms with E-state index in [1.54, 1.807) is 43.0 Å². The number of nitrogens with one attached hydrogen (secondary N) is 1. The number of nitrogens with two attached hydrogens (primary N) is 1. The Bertz CT molecular complexity index is 1210. The van der Waals surface area contributed by atoms with E-state index < -0.39 is 11.8 Å². The summed E-state index contributed by atoms with van der Waals surface area (Å²) in [6.07, 6.45) is 7.31. The summed E-state index contributed by atoms with van der Waals surface area (Å²) in [5.74, 6) is -0.992. The molecule has 0 aliphatic carbocycles. The molecule has 3 aromatic rings. The number of anilines is 1. The van der Waals surface area contributed by atoms with Gasteiger partial charge in [-0.2, -0.15) is 0 Å². The van der Waals surface area contributed by atoms with Crippen LogP contribution < -0.4 is 15.5 Å². The number of carbonyl (C=O) groups is 1. The minimum Gasteiger partial charge on any atom is -0.460 e. The summed E-state index contributed by atoms with van der Waals surface area (Å²) in [5, 5.41) is 11.2. The van der Waals surface area contributed by atoms with Crippen molar-refractivity contribution >= 4 is 23.5 Å². The Morgan fingerprint density at radius 1 is 1.11 bits per heavy atom. The summed E-state index contributed by atoms with van der Waals surface area (Å²) in [6, 6.07) is 6.69. The molecule has 0 amide bonds. The van der Waals surface area contributed by atoms with Crippen molar-refractivity contribution < 1.29 is 18.8 Å². The van der Waals surface area contributed by atoms with Gasteiger partial charge in [0, 0.05) is 67.4 Å². The lowest BCUT2D eigenvalue weighted by Gasteiger charge is -2.27. The Kier molecular flexibility index (Phi) is 7.50. The van der Waals surface area contributed by atoms with E-state index in [0.29, 0.717) is 43.0 Å². The molecule has 35 heavy (non-hydrogen) atoms. The van der Waals surface area contributed by atoms with Gasteiger partial charge in [0.2, 0.25) is 5.95 Å². The van der Waals surface area contributed by atoms with Gasteiger partial charge in [-0.3, -0.25) is 10.2 Å². The number of rotatable bonds is 8. The number of esters is 1.